The molecule has 4 rings (SSSR count). The van der Waals surface area contributed by atoms with Gasteiger partial charge in [-0.05, 0) is 43.2 Å². The van der Waals surface area contributed by atoms with E-state index in [4.69, 9.17) is 0 Å². The van der Waals surface area contributed by atoms with Gasteiger partial charge in [-0.3, -0.25) is 19.3 Å². The molecule has 2 aliphatic rings. The van der Waals surface area contributed by atoms with Gasteiger partial charge in [0.2, 0.25) is 5.91 Å². The van der Waals surface area contributed by atoms with Crippen molar-refractivity contribution in [2.75, 3.05) is 19.6 Å². The maximum Gasteiger partial charge on any atom is 0.257 e. The second kappa shape index (κ2) is 7.73. The van der Waals surface area contributed by atoms with E-state index >= 15 is 0 Å². The minimum atomic E-state index is 0.0636. The number of rotatable bonds is 4. The molecule has 0 unspecified atom stereocenters. The molecule has 7 heteroatoms. The summed E-state index contributed by atoms with van der Waals surface area (Å²) in [6.07, 6.45) is 10.5. The van der Waals surface area contributed by atoms with Crippen LogP contribution in [0.25, 0.3) is 0 Å². The lowest BCUT2D eigenvalue weighted by Crippen LogP contribution is -2.52. The fourth-order valence-corrected chi connectivity index (χ4v) is 4.38. The normalized spacial score (nSPS) is 19.2. The van der Waals surface area contributed by atoms with Crippen LogP contribution in [0.2, 0.25) is 0 Å². The SMILES string of the molecule is CCn1cc(C(=O)N2CCC3(CCC(=O)N(Cc4cccnc4)C3)CC2)cn1. The smallest absolute Gasteiger partial charge is 0.257 e. The average Bonchev–Trinajstić information content (AvgIpc) is 3.21. The molecule has 2 saturated heterocycles. The molecule has 0 aliphatic carbocycles. The summed E-state index contributed by atoms with van der Waals surface area (Å²) in [5.41, 5.74) is 1.85. The molecule has 1 spiro atoms. The van der Waals surface area contributed by atoms with Gasteiger partial charge in [-0.2, -0.15) is 5.10 Å². The number of carbonyl (C=O) groups excluding carboxylic acids is 2. The molecule has 4 heterocycles. The Bertz CT molecular complexity index is 839. The Balaban J connectivity index is 1.38. The highest BCUT2D eigenvalue weighted by Crippen LogP contribution is 2.40. The molecular formula is C21H27N5O2. The van der Waals surface area contributed by atoms with Crippen LogP contribution >= 0.6 is 0 Å². The summed E-state index contributed by atoms with van der Waals surface area (Å²) >= 11 is 0. The van der Waals surface area contributed by atoms with E-state index in [0.29, 0.717) is 18.5 Å². The Morgan fingerprint density at radius 1 is 1.21 bits per heavy atom. The van der Waals surface area contributed by atoms with Crippen LogP contribution in [0.1, 0.15) is 48.5 Å². The number of likely N-dealkylation sites (tertiary alicyclic amines) is 2. The summed E-state index contributed by atoms with van der Waals surface area (Å²) < 4.78 is 1.78. The van der Waals surface area contributed by atoms with Crippen LogP contribution in [0.3, 0.4) is 0 Å². The minimum Gasteiger partial charge on any atom is -0.339 e. The molecule has 2 fully saturated rings. The van der Waals surface area contributed by atoms with Gasteiger partial charge in [0, 0.05) is 57.7 Å². The highest BCUT2D eigenvalue weighted by molar-refractivity contribution is 5.93. The largest absolute Gasteiger partial charge is 0.339 e. The summed E-state index contributed by atoms with van der Waals surface area (Å²) in [5.74, 6) is 0.286. The summed E-state index contributed by atoms with van der Waals surface area (Å²) in [5, 5.41) is 4.21. The number of aromatic nitrogens is 3. The maximum absolute atomic E-state index is 12.8. The van der Waals surface area contributed by atoms with E-state index < -0.39 is 0 Å². The molecule has 2 aliphatic heterocycles. The molecule has 2 amide bonds. The third kappa shape index (κ3) is 3.79. The minimum absolute atomic E-state index is 0.0636. The zero-order valence-corrected chi connectivity index (χ0v) is 16.4. The van der Waals surface area contributed by atoms with Gasteiger partial charge in [-0.15, -0.1) is 0 Å². The van der Waals surface area contributed by atoms with Crippen molar-refractivity contribution in [2.24, 2.45) is 5.41 Å². The van der Waals surface area contributed by atoms with Crippen molar-refractivity contribution in [3.63, 3.8) is 0 Å². The first-order valence-corrected chi connectivity index (χ1v) is 10.1. The van der Waals surface area contributed by atoms with E-state index in [0.717, 1.165) is 51.0 Å². The molecule has 0 aromatic carbocycles. The first-order valence-electron chi connectivity index (χ1n) is 10.1. The zero-order valence-electron chi connectivity index (χ0n) is 16.4. The molecular weight excluding hydrogens is 354 g/mol. The van der Waals surface area contributed by atoms with Crippen LogP contribution in [0.5, 0.6) is 0 Å². The maximum atomic E-state index is 12.8. The molecule has 0 atom stereocenters. The Hall–Kier alpha value is -2.70. The van der Waals surface area contributed by atoms with E-state index in [2.05, 4.69) is 10.1 Å². The number of hydrogen-bond acceptors (Lipinski definition) is 4. The van der Waals surface area contributed by atoms with Crippen molar-refractivity contribution in [3.05, 3.63) is 48.0 Å². The molecule has 28 heavy (non-hydrogen) atoms. The van der Waals surface area contributed by atoms with Crippen molar-refractivity contribution < 1.29 is 9.59 Å². The lowest BCUT2D eigenvalue weighted by Gasteiger charge is -2.47. The molecule has 148 valence electrons. The Labute approximate surface area is 165 Å². The highest BCUT2D eigenvalue weighted by Gasteiger charge is 2.41. The fraction of sp³-hybridized carbons (Fsp3) is 0.524. The molecule has 0 radical (unpaired) electrons. The number of nitrogens with zero attached hydrogens (tertiary/aromatic N) is 5. The third-order valence-corrected chi connectivity index (χ3v) is 6.16. The second-order valence-electron chi connectivity index (χ2n) is 7.99. The summed E-state index contributed by atoms with van der Waals surface area (Å²) in [6, 6.07) is 3.92. The number of hydrogen-bond donors (Lipinski definition) is 0. The summed E-state index contributed by atoms with van der Waals surface area (Å²) in [7, 11) is 0. The van der Waals surface area contributed by atoms with Gasteiger partial charge in [0.15, 0.2) is 0 Å². The number of carbonyl (C=O) groups is 2. The molecule has 0 N–H and O–H groups in total. The van der Waals surface area contributed by atoms with Gasteiger partial charge >= 0.3 is 0 Å². The first kappa shape index (κ1) is 18.7. The van der Waals surface area contributed by atoms with Crippen LogP contribution in [-0.4, -0.2) is 56.0 Å². The van der Waals surface area contributed by atoms with Gasteiger partial charge < -0.3 is 9.80 Å². The molecule has 2 aromatic heterocycles. The molecule has 0 saturated carbocycles. The molecule has 0 bridgehead atoms. The molecule has 7 nitrogen and oxygen atoms in total. The van der Waals surface area contributed by atoms with Crippen molar-refractivity contribution in [1.82, 2.24) is 24.6 Å². The highest BCUT2D eigenvalue weighted by atomic mass is 16.2. The lowest BCUT2D eigenvalue weighted by molar-refractivity contribution is -0.139. The predicted molar refractivity (Wildman–Crippen MR) is 104 cm³/mol. The van der Waals surface area contributed by atoms with Crippen molar-refractivity contribution in [3.8, 4) is 0 Å². The van der Waals surface area contributed by atoms with E-state index in [1.165, 1.54) is 0 Å². The van der Waals surface area contributed by atoms with E-state index in [-0.39, 0.29) is 17.2 Å². The van der Waals surface area contributed by atoms with Crippen molar-refractivity contribution in [2.45, 2.75) is 45.7 Å². The van der Waals surface area contributed by atoms with E-state index in [1.54, 1.807) is 17.1 Å². The Morgan fingerprint density at radius 3 is 2.71 bits per heavy atom. The van der Waals surface area contributed by atoms with Crippen LogP contribution in [-0.2, 0) is 17.9 Å². The fourth-order valence-electron chi connectivity index (χ4n) is 4.38. The van der Waals surface area contributed by atoms with Gasteiger partial charge in [0.25, 0.3) is 5.91 Å². The monoisotopic (exact) mass is 381 g/mol. The Morgan fingerprint density at radius 2 is 2.04 bits per heavy atom. The average molecular weight is 381 g/mol. The van der Waals surface area contributed by atoms with Crippen LogP contribution in [0.15, 0.2) is 36.9 Å². The lowest BCUT2D eigenvalue weighted by atomic mass is 9.72. The predicted octanol–water partition coefficient (Wildman–Crippen LogP) is 2.34. The summed E-state index contributed by atoms with van der Waals surface area (Å²) in [6.45, 7) is 5.64. The van der Waals surface area contributed by atoms with Crippen molar-refractivity contribution >= 4 is 11.8 Å². The first-order chi connectivity index (χ1) is 13.6. The van der Waals surface area contributed by atoms with Crippen LogP contribution < -0.4 is 0 Å². The number of piperidine rings is 2. The van der Waals surface area contributed by atoms with E-state index in [9.17, 15) is 9.59 Å². The van der Waals surface area contributed by atoms with Crippen molar-refractivity contribution in [1.29, 1.82) is 0 Å². The number of amides is 2. The quantitative estimate of drug-likeness (QED) is 0.815. The van der Waals surface area contributed by atoms with Crippen LogP contribution in [0.4, 0.5) is 0 Å². The number of pyridine rings is 1. The van der Waals surface area contributed by atoms with Gasteiger partial charge in [0.05, 0.1) is 11.8 Å². The van der Waals surface area contributed by atoms with E-state index in [1.807, 2.05) is 41.2 Å². The standard InChI is InChI=1S/C21H27N5O2/c1-2-26-15-18(13-23-26)20(28)24-10-7-21(8-11-24)6-5-19(27)25(16-21)14-17-4-3-9-22-12-17/h3-4,9,12-13,15H,2,5-8,10-11,14,16H2,1H3. The third-order valence-electron chi connectivity index (χ3n) is 6.16. The summed E-state index contributed by atoms with van der Waals surface area (Å²) in [4.78, 5) is 33.3. The topological polar surface area (TPSA) is 71.3 Å². The van der Waals surface area contributed by atoms with Gasteiger partial charge in [-0.25, -0.2) is 0 Å². The Kier molecular flexibility index (Phi) is 5.15. The number of aryl methyl sites for hydroxylation is 1. The van der Waals surface area contributed by atoms with Gasteiger partial charge in [-0.1, -0.05) is 6.07 Å². The second-order valence-corrected chi connectivity index (χ2v) is 7.99. The zero-order chi connectivity index (χ0) is 19.6. The van der Waals surface area contributed by atoms with Gasteiger partial charge in [0.1, 0.15) is 0 Å². The van der Waals surface area contributed by atoms with Crippen LogP contribution in [0, 0.1) is 5.41 Å². The molecule has 2 aromatic rings.